The Kier molecular flexibility index (Phi) is 5.25. The van der Waals surface area contributed by atoms with Crippen LogP contribution < -0.4 is 5.32 Å². The third-order valence-corrected chi connectivity index (χ3v) is 5.97. The molecule has 1 aliphatic rings. The van der Waals surface area contributed by atoms with Gasteiger partial charge >= 0.3 is 0 Å². The number of fused-ring (bicyclic) bond motifs is 1. The van der Waals surface area contributed by atoms with Gasteiger partial charge in [0.25, 0.3) is 0 Å². The number of benzene rings is 1. The number of ketones is 1. The molecule has 4 rings (SSSR count). The van der Waals surface area contributed by atoms with Gasteiger partial charge in [-0.25, -0.2) is 9.97 Å². The standard InChI is InChI=1S/C21H23N3OS/c25-18(13-15-7-3-1-4-8-15)19-20-17(11-12-26-20)23-21(24-19)22-14-16-9-5-2-6-10-16/h2,5-6,9-12,15H,1,3-4,7-8,13-14H2,(H,22,23,24). The summed E-state index contributed by atoms with van der Waals surface area (Å²) in [4.78, 5) is 22.1. The van der Waals surface area contributed by atoms with Crippen LogP contribution in [0.2, 0.25) is 0 Å². The molecule has 26 heavy (non-hydrogen) atoms. The molecule has 0 unspecified atom stereocenters. The molecule has 1 aliphatic carbocycles. The molecule has 0 radical (unpaired) electrons. The van der Waals surface area contributed by atoms with Gasteiger partial charge in [0.05, 0.1) is 10.2 Å². The van der Waals surface area contributed by atoms with Crippen molar-refractivity contribution in [3.05, 3.63) is 53.0 Å². The summed E-state index contributed by atoms with van der Waals surface area (Å²) in [5, 5.41) is 5.26. The van der Waals surface area contributed by atoms with E-state index >= 15 is 0 Å². The zero-order valence-corrected chi connectivity index (χ0v) is 15.6. The summed E-state index contributed by atoms with van der Waals surface area (Å²) >= 11 is 1.55. The lowest BCUT2D eigenvalue weighted by Gasteiger charge is -2.20. The highest BCUT2D eigenvalue weighted by Gasteiger charge is 2.22. The minimum atomic E-state index is 0.162. The minimum Gasteiger partial charge on any atom is -0.350 e. The molecule has 4 nitrogen and oxygen atoms in total. The Morgan fingerprint density at radius 2 is 1.88 bits per heavy atom. The SMILES string of the molecule is O=C(CC1CCCCC1)c1nc(NCc2ccccc2)nc2ccsc12. The Morgan fingerprint density at radius 3 is 2.69 bits per heavy atom. The van der Waals surface area contributed by atoms with Crippen LogP contribution in [0.4, 0.5) is 5.95 Å². The second kappa shape index (κ2) is 7.96. The molecule has 0 amide bonds. The normalized spacial score (nSPS) is 15.2. The minimum absolute atomic E-state index is 0.162. The fourth-order valence-corrected chi connectivity index (χ4v) is 4.50. The van der Waals surface area contributed by atoms with E-state index in [1.54, 1.807) is 11.3 Å². The van der Waals surface area contributed by atoms with Crippen LogP contribution in [0.25, 0.3) is 10.2 Å². The van der Waals surface area contributed by atoms with E-state index in [0.29, 0.717) is 30.5 Å². The highest BCUT2D eigenvalue weighted by Crippen LogP contribution is 2.30. The van der Waals surface area contributed by atoms with Crippen LogP contribution in [0.3, 0.4) is 0 Å². The molecule has 0 bridgehead atoms. The number of nitrogens with one attached hydrogen (secondary N) is 1. The summed E-state index contributed by atoms with van der Waals surface area (Å²) in [7, 11) is 0. The summed E-state index contributed by atoms with van der Waals surface area (Å²) in [5.41, 5.74) is 2.61. The first-order valence-electron chi connectivity index (χ1n) is 9.36. The Morgan fingerprint density at radius 1 is 1.08 bits per heavy atom. The van der Waals surface area contributed by atoms with Gasteiger partial charge in [-0.15, -0.1) is 11.3 Å². The van der Waals surface area contributed by atoms with Crippen molar-refractivity contribution in [3.63, 3.8) is 0 Å². The molecule has 0 saturated heterocycles. The van der Waals surface area contributed by atoms with Gasteiger partial charge in [0.2, 0.25) is 5.95 Å². The van der Waals surface area contributed by atoms with Crippen LogP contribution in [-0.4, -0.2) is 15.8 Å². The Bertz CT molecular complexity index is 885. The molecule has 134 valence electrons. The average Bonchev–Trinajstić information content (AvgIpc) is 3.16. The molecular formula is C21H23N3OS. The summed E-state index contributed by atoms with van der Waals surface area (Å²) < 4.78 is 0.913. The fourth-order valence-electron chi connectivity index (χ4n) is 3.66. The lowest BCUT2D eigenvalue weighted by molar-refractivity contribution is 0.0947. The molecule has 1 aromatic carbocycles. The molecule has 0 atom stereocenters. The molecule has 2 heterocycles. The number of carbonyl (C=O) groups excluding carboxylic acids is 1. The molecule has 3 aromatic rings. The maximum absolute atomic E-state index is 12.9. The number of hydrogen-bond acceptors (Lipinski definition) is 5. The zero-order valence-electron chi connectivity index (χ0n) is 14.8. The van der Waals surface area contributed by atoms with Gasteiger partial charge in [-0.2, -0.15) is 0 Å². The largest absolute Gasteiger partial charge is 0.350 e. The van der Waals surface area contributed by atoms with Crippen LogP contribution in [0.5, 0.6) is 0 Å². The van der Waals surface area contributed by atoms with E-state index in [0.717, 1.165) is 15.8 Å². The molecule has 2 aromatic heterocycles. The van der Waals surface area contributed by atoms with Crippen molar-refractivity contribution in [2.24, 2.45) is 5.92 Å². The molecule has 1 fully saturated rings. The van der Waals surface area contributed by atoms with E-state index in [4.69, 9.17) is 0 Å². The second-order valence-corrected chi connectivity index (χ2v) is 7.92. The third kappa shape index (κ3) is 3.93. The number of thiophene rings is 1. The number of hydrogen-bond donors (Lipinski definition) is 1. The molecule has 1 N–H and O–H groups in total. The lowest BCUT2D eigenvalue weighted by atomic mass is 9.85. The smallest absolute Gasteiger partial charge is 0.224 e. The number of nitrogens with zero attached hydrogens (tertiary/aromatic N) is 2. The van der Waals surface area contributed by atoms with Crippen molar-refractivity contribution in [2.45, 2.75) is 45.1 Å². The van der Waals surface area contributed by atoms with Crippen molar-refractivity contribution in [1.29, 1.82) is 0 Å². The summed E-state index contributed by atoms with van der Waals surface area (Å²) in [6.07, 6.45) is 6.76. The van der Waals surface area contributed by atoms with Crippen molar-refractivity contribution >= 4 is 33.3 Å². The predicted octanol–water partition coefficient (Wildman–Crippen LogP) is 5.46. The van der Waals surface area contributed by atoms with Crippen molar-refractivity contribution < 1.29 is 4.79 Å². The highest BCUT2D eigenvalue weighted by atomic mass is 32.1. The van der Waals surface area contributed by atoms with Gasteiger partial charge in [-0.05, 0) is 22.9 Å². The maximum atomic E-state index is 12.9. The number of carbonyl (C=O) groups is 1. The summed E-state index contributed by atoms with van der Waals surface area (Å²) in [5.74, 6) is 1.21. The van der Waals surface area contributed by atoms with Crippen LogP contribution in [0.15, 0.2) is 41.8 Å². The molecule has 1 saturated carbocycles. The first-order valence-corrected chi connectivity index (χ1v) is 10.2. The topological polar surface area (TPSA) is 54.9 Å². The molecule has 0 aliphatic heterocycles. The van der Waals surface area contributed by atoms with E-state index < -0.39 is 0 Å². The van der Waals surface area contributed by atoms with Crippen molar-refractivity contribution in [1.82, 2.24) is 9.97 Å². The number of rotatable bonds is 6. The number of aromatic nitrogens is 2. The maximum Gasteiger partial charge on any atom is 0.224 e. The summed E-state index contributed by atoms with van der Waals surface area (Å²) in [6.45, 7) is 0.646. The predicted molar refractivity (Wildman–Crippen MR) is 107 cm³/mol. The quantitative estimate of drug-likeness (QED) is 0.590. The summed E-state index contributed by atoms with van der Waals surface area (Å²) in [6, 6.07) is 12.1. The Hall–Kier alpha value is -2.27. The third-order valence-electron chi connectivity index (χ3n) is 5.06. The van der Waals surface area contributed by atoms with Crippen molar-refractivity contribution in [2.75, 3.05) is 5.32 Å². The van der Waals surface area contributed by atoms with Gasteiger partial charge < -0.3 is 5.32 Å². The van der Waals surface area contributed by atoms with Crippen molar-refractivity contribution in [3.8, 4) is 0 Å². The zero-order chi connectivity index (χ0) is 17.8. The van der Waals surface area contributed by atoms with E-state index in [9.17, 15) is 4.79 Å². The molecule has 0 spiro atoms. The molecular weight excluding hydrogens is 342 g/mol. The Labute approximate surface area is 157 Å². The fraction of sp³-hybridized carbons (Fsp3) is 0.381. The first kappa shape index (κ1) is 17.2. The first-order chi connectivity index (χ1) is 12.8. The molecule has 5 heteroatoms. The number of anilines is 1. The van der Waals surface area contributed by atoms with E-state index in [2.05, 4.69) is 27.4 Å². The second-order valence-electron chi connectivity index (χ2n) is 7.00. The van der Waals surface area contributed by atoms with E-state index in [1.165, 1.54) is 32.1 Å². The average molecular weight is 366 g/mol. The highest BCUT2D eigenvalue weighted by molar-refractivity contribution is 7.17. The number of Topliss-reactive ketones (excluding diaryl/α,β-unsaturated/α-hetero) is 1. The van der Waals surface area contributed by atoms with E-state index in [-0.39, 0.29) is 5.78 Å². The van der Waals surface area contributed by atoms with Crippen LogP contribution >= 0.6 is 11.3 Å². The van der Waals surface area contributed by atoms with Gasteiger partial charge in [0.1, 0.15) is 5.69 Å². The lowest BCUT2D eigenvalue weighted by Crippen LogP contribution is -2.14. The van der Waals surface area contributed by atoms with Gasteiger partial charge in [0.15, 0.2) is 5.78 Å². The van der Waals surface area contributed by atoms with Crippen LogP contribution in [0.1, 0.15) is 54.6 Å². The van der Waals surface area contributed by atoms with Crippen LogP contribution in [0, 0.1) is 5.92 Å². The monoisotopic (exact) mass is 365 g/mol. The Balaban J connectivity index is 1.55. The van der Waals surface area contributed by atoms with Crippen LogP contribution in [-0.2, 0) is 6.54 Å². The van der Waals surface area contributed by atoms with Gasteiger partial charge in [-0.3, -0.25) is 4.79 Å². The van der Waals surface area contributed by atoms with E-state index in [1.807, 2.05) is 29.6 Å². The van der Waals surface area contributed by atoms with Gasteiger partial charge in [0, 0.05) is 13.0 Å². The van der Waals surface area contributed by atoms with Gasteiger partial charge in [-0.1, -0.05) is 62.4 Å².